The molecule has 0 heterocycles. The summed E-state index contributed by atoms with van der Waals surface area (Å²) in [5.74, 6) is 0. The first-order chi connectivity index (χ1) is 26.2. The zero-order valence-electron chi connectivity index (χ0n) is 31.8. The van der Waals surface area contributed by atoms with E-state index in [-0.39, 0.29) is 10.8 Å². The van der Waals surface area contributed by atoms with Gasteiger partial charge in [-0.2, -0.15) is 0 Å². The van der Waals surface area contributed by atoms with Crippen molar-refractivity contribution >= 4 is 27.8 Å². The predicted molar refractivity (Wildman–Crippen MR) is 231 cm³/mol. The fourth-order valence-corrected chi connectivity index (χ4v) is 8.53. The van der Waals surface area contributed by atoms with Gasteiger partial charge in [0, 0.05) is 22.5 Å². The van der Waals surface area contributed by atoms with Crippen LogP contribution in [0.2, 0.25) is 0 Å². The molecule has 8 aromatic carbocycles. The van der Waals surface area contributed by atoms with E-state index in [4.69, 9.17) is 0 Å². The Morgan fingerprint density at radius 1 is 0.389 bits per heavy atom. The lowest BCUT2D eigenvalue weighted by atomic mass is 9.81. The summed E-state index contributed by atoms with van der Waals surface area (Å²) in [6.07, 6.45) is 0. The van der Waals surface area contributed by atoms with Crippen LogP contribution in [0.25, 0.3) is 55.3 Å². The highest BCUT2D eigenvalue weighted by atomic mass is 15.1. The lowest BCUT2D eigenvalue weighted by molar-refractivity contribution is 0.591. The van der Waals surface area contributed by atoms with E-state index >= 15 is 0 Å². The quantitative estimate of drug-likeness (QED) is 0.167. The monoisotopic (exact) mass is 695 g/mol. The smallest absolute Gasteiger partial charge is 0.0499 e. The Morgan fingerprint density at radius 2 is 0.926 bits per heavy atom. The van der Waals surface area contributed by atoms with Crippen LogP contribution < -0.4 is 4.90 Å². The average molecular weight is 696 g/mol. The highest BCUT2D eigenvalue weighted by Crippen LogP contribution is 2.51. The van der Waals surface area contributed by atoms with Gasteiger partial charge in [0.25, 0.3) is 0 Å². The zero-order valence-corrected chi connectivity index (χ0v) is 31.8. The van der Waals surface area contributed by atoms with E-state index in [1.54, 1.807) is 0 Å². The van der Waals surface area contributed by atoms with Crippen molar-refractivity contribution in [3.8, 4) is 44.5 Å². The molecule has 1 aliphatic rings. The van der Waals surface area contributed by atoms with Gasteiger partial charge in [0.1, 0.15) is 0 Å². The van der Waals surface area contributed by atoms with Crippen LogP contribution in [0.4, 0.5) is 17.1 Å². The van der Waals surface area contributed by atoms with E-state index in [9.17, 15) is 0 Å². The fraction of sp³-hybridized carbons (Fsp3) is 0.132. The Labute approximate surface area is 320 Å². The Hall–Kier alpha value is -6.18. The summed E-state index contributed by atoms with van der Waals surface area (Å²) in [5, 5.41) is 2.51. The molecule has 1 aliphatic carbocycles. The molecule has 0 fully saturated rings. The molecule has 54 heavy (non-hydrogen) atoms. The third-order valence-electron chi connectivity index (χ3n) is 11.4. The van der Waals surface area contributed by atoms with Crippen LogP contribution in [0.5, 0.6) is 0 Å². The molecule has 0 radical (unpaired) electrons. The van der Waals surface area contributed by atoms with Gasteiger partial charge in [-0.15, -0.1) is 0 Å². The Kier molecular flexibility index (Phi) is 8.12. The van der Waals surface area contributed by atoms with Crippen molar-refractivity contribution in [2.24, 2.45) is 0 Å². The second-order valence-corrected chi connectivity index (χ2v) is 16.2. The number of fused-ring (bicyclic) bond motifs is 4. The molecule has 0 N–H and O–H groups in total. The average Bonchev–Trinajstić information content (AvgIpc) is 3.43. The van der Waals surface area contributed by atoms with Crippen LogP contribution in [0.1, 0.15) is 51.3 Å². The summed E-state index contributed by atoms with van der Waals surface area (Å²) in [4.78, 5) is 2.48. The molecular weight excluding hydrogens is 651 g/mol. The highest BCUT2D eigenvalue weighted by Gasteiger charge is 2.36. The summed E-state index contributed by atoms with van der Waals surface area (Å²) < 4.78 is 0. The second kappa shape index (κ2) is 13.0. The van der Waals surface area contributed by atoms with Gasteiger partial charge in [-0.05, 0) is 120 Å². The lowest BCUT2D eigenvalue weighted by Crippen LogP contribution is -2.20. The number of anilines is 3. The molecule has 8 aromatic rings. The molecule has 1 nitrogen and oxygen atoms in total. The largest absolute Gasteiger partial charge is 0.310 e. The van der Waals surface area contributed by atoms with Crippen molar-refractivity contribution in [2.75, 3.05) is 4.90 Å². The standard InChI is InChI=1S/C53H45N/c1-52(2,3)50-34-41(45-20-12-11-19-44(45)40-24-23-37-17-9-10-18-39(37)33-40)27-32-51(50)54(42-28-25-38(26-29-42)36-15-7-6-8-16-36)43-30-31-47-46-21-13-14-22-48(46)53(4,5)49(47)35-43/h6-35H,1-5H3. The van der Waals surface area contributed by atoms with Gasteiger partial charge in [0.2, 0.25) is 0 Å². The summed E-state index contributed by atoms with van der Waals surface area (Å²) in [7, 11) is 0. The topological polar surface area (TPSA) is 3.24 Å². The van der Waals surface area contributed by atoms with E-state index in [0.717, 1.165) is 11.4 Å². The first kappa shape index (κ1) is 33.6. The Morgan fingerprint density at radius 3 is 1.65 bits per heavy atom. The Balaban J connectivity index is 1.21. The molecule has 9 rings (SSSR count). The number of hydrogen-bond donors (Lipinski definition) is 0. The van der Waals surface area contributed by atoms with Gasteiger partial charge in [-0.1, -0.05) is 174 Å². The predicted octanol–water partition coefficient (Wildman–Crippen LogP) is 14.9. The normalized spacial score (nSPS) is 13.1. The fourth-order valence-electron chi connectivity index (χ4n) is 8.53. The third kappa shape index (κ3) is 5.81. The molecule has 0 saturated heterocycles. The molecule has 0 unspecified atom stereocenters. The molecule has 0 bridgehead atoms. The van der Waals surface area contributed by atoms with E-state index < -0.39 is 0 Å². The van der Waals surface area contributed by atoms with Gasteiger partial charge in [0.05, 0.1) is 0 Å². The second-order valence-electron chi connectivity index (χ2n) is 16.2. The van der Waals surface area contributed by atoms with Crippen molar-refractivity contribution in [2.45, 2.75) is 45.4 Å². The van der Waals surface area contributed by atoms with E-state index in [1.165, 1.54) is 77.7 Å². The van der Waals surface area contributed by atoms with Crippen LogP contribution in [-0.2, 0) is 10.8 Å². The minimum atomic E-state index is -0.141. The van der Waals surface area contributed by atoms with E-state index in [2.05, 4.69) is 222 Å². The van der Waals surface area contributed by atoms with Crippen LogP contribution >= 0.6 is 0 Å². The lowest BCUT2D eigenvalue weighted by Gasteiger charge is -2.33. The van der Waals surface area contributed by atoms with Crippen LogP contribution in [-0.4, -0.2) is 0 Å². The van der Waals surface area contributed by atoms with Gasteiger partial charge >= 0.3 is 0 Å². The molecule has 0 atom stereocenters. The summed E-state index contributed by atoms with van der Waals surface area (Å²) >= 11 is 0. The van der Waals surface area contributed by atoms with Crippen molar-refractivity contribution in [3.63, 3.8) is 0 Å². The van der Waals surface area contributed by atoms with Crippen LogP contribution in [0.15, 0.2) is 182 Å². The molecule has 0 spiro atoms. The van der Waals surface area contributed by atoms with Crippen molar-refractivity contribution in [1.82, 2.24) is 0 Å². The summed E-state index contributed by atoms with van der Waals surface area (Å²) in [6, 6.07) is 67.1. The van der Waals surface area contributed by atoms with Crippen molar-refractivity contribution < 1.29 is 0 Å². The van der Waals surface area contributed by atoms with Crippen LogP contribution in [0, 0.1) is 0 Å². The highest BCUT2D eigenvalue weighted by molar-refractivity contribution is 5.93. The SMILES string of the molecule is CC(C)(C)c1cc(-c2ccccc2-c2ccc3ccccc3c2)ccc1N(c1ccc(-c2ccccc2)cc1)c1ccc2c(c1)C(C)(C)c1ccccc1-2. The van der Waals surface area contributed by atoms with Crippen molar-refractivity contribution in [1.29, 1.82) is 0 Å². The van der Waals surface area contributed by atoms with Gasteiger partial charge in [0.15, 0.2) is 0 Å². The molecular formula is C53H45N. The summed E-state index contributed by atoms with van der Waals surface area (Å²) in [6.45, 7) is 11.7. The first-order valence-electron chi connectivity index (χ1n) is 19.1. The maximum Gasteiger partial charge on any atom is 0.0499 e. The summed E-state index contributed by atoms with van der Waals surface area (Å²) in [5.41, 5.74) is 17.3. The van der Waals surface area contributed by atoms with Gasteiger partial charge in [-0.25, -0.2) is 0 Å². The number of hydrogen-bond acceptors (Lipinski definition) is 1. The maximum absolute atomic E-state index is 2.48. The Bertz CT molecular complexity index is 2660. The maximum atomic E-state index is 2.48. The minimum Gasteiger partial charge on any atom is -0.310 e. The molecule has 0 saturated carbocycles. The number of nitrogens with zero attached hydrogens (tertiary/aromatic N) is 1. The minimum absolute atomic E-state index is 0.103. The number of benzene rings is 8. The van der Waals surface area contributed by atoms with Gasteiger partial charge in [-0.3, -0.25) is 0 Å². The molecule has 0 aromatic heterocycles. The van der Waals surface area contributed by atoms with E-state index in [1.807, 2.05) is 0 Å². The van der Waals surface area contributed by atoms with Gasteiger partial charge < -0.3 is 4.90 Å². The molecule has 0 amide bonds. The van der Waals surface area contributed by atoms with Crippen molar-refractivity contribution in [3.05, 3.63) is 199 Å². The molecule has 262 valence electrons. The zero-order chi connectivity index (χ0) is 37.0. The molecule has 0 aliphatic heterocycles. The molecule has 1 heteroatoms. The first-order valence-corrected chi connectivity index (χ1v) is 19.1. The van der Waals surface area contributed by atoms with Crippen LogP contribution in [0.3, 0.4) is 0 Å². The third-order valence-corrected chi connectivity index (χ3v) is 11.4. The number of rotatable bonds is 6. The van der Waals surface area contributed by atoms with E-state index in [0.29, 0.717) is 0 Å².